The molecular weight excluding hydrogens is 610 g/mol. The van der Waals surface area contributed by atoms with E-state index >= 15 is 4.39 Å². The van der Waals surface area contributed by atoms with Crippen LogP contribution in [0, 0.1) is 11.6 Å². The molecule has 0 unspecified atom stereocenters. The minimum atomic E-state index is -0.974. The van der Waals surface area contributed by atoms with Crippen molar-refractivity contribution in [1.82, 2.24) is 29.4 Å². The van der Waals surface area contributed by atoms with Crippen LogP contribution in [0.5, 0.6) is 6.08 Å². The van der Waals surface area contributed by atoms with Crippen LogP contribution in [0.2, 0.25) is 0 Å². The van der Waals surface area contributed by atoms with Crippen molar-refractivity contribution in [2.24, 2.45) is 0 Å². The zero-order valence-corrected chi connectivity index (χ0v) is 25.5. The van der Waals surface area contributed by atoms with Gasteiger partial charge >= 0.3 is 6.08 Å². The van der Waals surface area contributed by atoms with Crippen molar-refractivity contribution in [3.8, 4) is 40.0 Å². The molecule has 10 heteroatoms. The zero-order valence-electron chi connectivity index (χ0n) is 25.5. The van der Waals surface area contributed by atoms with Crippen molar-refractivity contribution in [1.29, 1.82) is 0 Å². The molecule has 0 bridgehead atoms. The highest BCUT2D eigenvalue weighted by Gasteiger charge is 2.40. The molecule has 8 rings (SSSR count). The molecule has 0 N–H and O–H groups in total. The SMILES string of the molecule is COc1nnc(-c2cnc3ccc(-c4cn(C(c5ccccc5)(c5ccccc5)c5ccccc5)nc4-c4ccc(F)cc4F)cn23)o1. The van der Waals surface area contributed by atoms with Gasteiger partial charge in [-0.15, -0.1) is 5.10 Å². The summed E-state index contributed by atoms with van der Waals surface area (Å²) in [5, 5.41) is 13.2. The summed E-state index contributed by atoms with van der Waals surface area (Å²) in [4.78, 5) is 4.50. The maximum atomic E-state index is 15.7. The fourth-order valence-corrected chi connectivity index (χ4v) is 6.27. The van der Waals surface area contributed by atoms with Gasteiger partial charge in [0.25, 0.3) is 5.89 Å². The number of imidazole rings is 1. The van der Waals surface area contributed by atoms with E-state index < -0.39 is 17.2 Å². The molecule has 0 aliphatic carbocycles. The molecule has 234 valence electrons. The van der Waals surface area contributed by atoms with Gasteiger partial charge in [-0.05, 0) is 41.0 Å². The lowest BCUT2D eigenvalue weighted by molar-refractivity contribution is 0.293. The fraction of sp³-hybridized carbons (Fsp3) is 0.0526. The van der Waals surface area contributed by atoms with Crippen molar-refractivity contribution in [3.05, 3.63) is 168 Å². The molecule has 0 fully saturated rings. The van der Waals surface area contributed by atoms with E-state index in [0.29, 0.717) is 28.2 Å². The first kappa shape index (κ1) is 29.0. The molecule has 0 aliphatic rings. The zero-order chi connectivity index (χ0) is 32.7. The van der Waals surface area contributed by atoms with Crippen molar-refractivity contribution >= 4 is 5.65 Å². The molecule has 0 saturated heterocycles. The second kappa shape index (κ2) is 11.7. The first-order valence-electron chi connectivity index (χ1n) is 15.1. The van der Waals surface area contributed by atoms with E-state index in [0.717, 1.165) is 22.8 Å². The maximum Gasteiger partial charge on any atom is 0.414 e. The number of pyridine rings is 1. The number of aromatic nitrogens is 6. The number of hydrogen-bond donors (Lipinski definition) is 0. The summed E-state index contributed by atoms with van der Waals surface area (Å²) in [5.41, 5.74) is 4.81. The first-order valence-corrected chi connectivity index (χ1v) is 15.1. The Morgan fingerprint density at radius 3 is 1.94 bits per heavy atom. The summed E-state index contributed by atoms with van der Waals surface area (Å²) >= 11 is 0. The Bertz CT molecular complexity index is 2270. The third-order valence-corrected chi connectivity index (χ3v) is 8.44. The van der Waals surface area contributed by atoms with Crippen LogP contribution >= 0.6 is 0 Å². The highest BCUT2D eigenvalue weighted by Crippen LogP contribution is 2.43. The molecular formula is C38H26F2N6O2. The minimum absolute atomic E-state index is 0.0190. The van der Waals surface area contributed by atoms with E-state index in [1.54, 1.807) is 6.20 Å². The van der Waals surface area contributed by atoms with Crippen LogP contribution in [0.4, 0.5) is 8.78 Å². The molecule has 4 aromatic carbocycles. The van der Waals surface area contributed by atoms with E-state index in [4.69, 9.17) is 14.3 Å². The number of ether oxygens (including phenoxy) is 1. The standard InChI is InChI=1S/C38H26F2N6O2/c1-47-37-43-42-36(48-37)33-22-41-34-20-17-25(23-45(33)34)31-24-46(44-35(31)30-19-18-29(39)21-32(30)40)38(26-11-5-2-6-12-26,27-13-7-3-8-14-27)28-15-9-4-10-16-28/h2-24H,1H3. The van der Waals surface area contributed by atoms with Crippen LogP contribution in [0.15, 0.2) is 144 Å². The van der Waals surface area contributed by atoms with Gasteiger partial charge in [-0.2, -0.15) is 5.10 Å². The number of benzene rings is 4. The lowest BCUT2D eigenvalue weighted by Gasteiger charge is -2.36. The van der Waals surface area contributed by atoms with Gasteiger partial charge in [0.2, 0.25) is 0 Å². The average molecular weight is 637 g/mol. The molecule has 8 nitrogen and oxygen atoms in total. The first-order chi connectivity index (χ1) is 23.6. The highest BCUT2D eigenvalue weighted by atomic mass is 19.1. The lowest BCUT2D eigenvalue weighted by atomic mass is 9.77. The van der Waals surface area contributed by atoms with Gasteiger partial charge in [-0.25, -0.2) is 13.8 Å². The Kier molecular flexibility index (Phi) is 7.10. The molecule has 0 amide bonds. The molecule has 8 aromatic rings. The van der Waals surface area contributed by atoms with E-state index in [9.17, 15) is 4.39 Å². The Morgan fingerprint density at radius 2 is 1.35 bits per heavy atom. The number of halogens is 2. The molecule has 4 aromatic heterocycles. The summed E-state index contributed by atoms with van der Waals surface area (Å²) in [5.74, 6) is -1.19. The van der Waals surface area contributed by atoms with Gasteiger partial charge in [0.15, 0.2) is 0 Å². The van der Waals surface area contributed by atoms with Gasteiger partial charge < -0.3 is 9.15 Å². The minimum Gasteiger partial charge on any atom is -0.452 e. The number of nitrogens with zero attached hydrogens (tertiary/aromatic N) is 6. The molecule has 0 spiro atoms. The third-order valence-electron chi connectivity index (χ3n) is 8.44. The second-order valence-corrected chi connectivity index (χ2v) is 11.1. The monoisotopic (exact) mass is 636 g/mol. The normalized spacial score (nSPS) is 11.6. The van der Waals surface area contributed by atoms with Crippen molar-refractivity contribution in [2.45, 2.75) is 5.54 Å². The predicted octanol–water partition coefficient (Wildman–Crippen LogP) is 8.04. The highest BCUT2D eigenvalue weighted by molar-refractivity contribution is 5.81. The molecule has 48 heavy (non-hydrogen) atoms. The Balaban J connectivity index is 1.43. The Morgan fingerprint density at radius 1 is 0.708 bits per heavy atom. The smallest absolute Gasteiger partial charge is 0.414 e. The summed E-state index contributed by atoms with van der Waals surface area (Å²) in [6, 6.07) is 37.4. The topological polar surface area (TPSA) is 83.3 Å². The van der Waals surface area contributed by atoms with Crippen LogP contribution in [0.1, 0.15) is 16.7 Å². The molecule has 0 aliphatic heterocycles. The predicted molar refractivity (Wildman–Crippen MR) is 176 cm³/mol. The maximum absolute atomic E-state index is 15.7. The van der Waals surface area contributed by atoms with E-state index in [-0.39, 0.29) is 17.5 Å². The Hall–Kier alpha value is -6.42. The van der Waals surface area contributed by atoms with Crippen LogP contribution in [0.25, 0.3) is 39.6 Å². The van der Waals surface area contributed by atoms with Crippen molar-refractivity contribution in [3.63, 3.8) is 0 Å². The van der Waals surface area contributed by atoms with Crippen LogP contribution in [0.3, 0.4) is 0 Å². The summed E-state index contributed by atoms with van der Waals surface area (Å²) < 4.78 is 44.3. The van der Waals surface area contributed by atoms with Gasteiger partial charge in [-0.1, -0.05) is 96.1 Å². The van der Waals surface area contributed by atoms with Crippen LogP contribution in [-0.4, -0.2) is 36.5 Å². The molecule has 4 heterocycles. The Labute approximate surface area is 273 Å². The van der Waals surface area contributed by atoms with Crippen LogP contribution < -0.4 is 4.74 Å². The number of fused-ring (bicyclic) bond motifs is 1. The van der Waals surface area contributed by atoms with Gasteiger partial charge in [0.1, 0.15) is 34.2 Å². The summed E-state index contributed by atoms with van der Waals surface area (Å²) in [7, 11) is 1.44. The number of hydrogen-bond acceptors (Lipinski definition) is 6. The summed E-state index contributed by atoms with van der Waals surface area (Å²) in [6.07, 6.45) is 5.42. The van der Waals surface area contributed by atoms with Crippen molar-refractivity contribution < 1.29 is 17.9 Å². The summed E-state index contributed by atoms with van der Waals surface area (Å²) in [6.45, 7) is 0. The lowest BCUT2D eigenvalue weighted by Crippen LogP contribution is -2.38. The third kappa shape index (κ3) is 4.73. The molecule has 0 atom stereocenters. The number of methoxy groups -OCH3 is 1. The van der Waals surface area contributed by atoms with Gasteiger partial charge in [0.05, 0.1) is 13.3 Å². The number of rotatable bonds is 8. The van der Waals surface area contributed by atoms with Crippen molar-refractivity contribution in [2.75, 3.05) is 7.11 Å². The molecule has 0 saturated carbocycles. The van der Waals surface area contributed by atoms with Gasteiger partial charge in [0, 0.05) is 35.2 Å². The largest absolute Gasteiger partial charge is 0.452 e. The van der Waals surface area contributed by atoms with Gasteiger partial charge in [-0.3, -0.25) is 9.08 Å². The second-order valence-electron chi connectivity index (χ2n) is 11.1. The van der Waals surface area contributed by atoms with Crippen LogP contribution in [-0.2, 0) is 5.54 Å². The van der Waals surface area contributed by atoms with E-state index in [1.807, 2.05) is 88.2 Å². The molecule has 0 radical (unpaired) electrons. The quantitative estimate of drug-likeness (QED) is 0.157. The average Bonchev–Trinajstić information content (AvgIpc) is 3.89. The van der Waals surface area contributed by atoms with E-state index in [2.05, 4.69) is 51.6 Å². The fourth-order valence-electron chi connectivity index (χ4n) is 6.27. The van der Waals surface area contributed by atoms with E-state index in [1.165, 1.54) is 19.2 Å².